The Labute approximate surface area is 93.7 Å². The molecule has 1 aliphatic carbocycles. The third kappa shape index (κ3) is 1.86. The summed E-state index contributed by atoms with van der Waals surface area (Å²) in [6.07, 6.45) is 4.96. The lowest BCUT2D eigenvalue weighted by molar-refractivity contribution is 0.687. The van der Waals surface area contributed by atoms with Crippen LogP contribution in [0.1, 0.15) is 42.9 Å². The fourth-order valence-electron chi connectivity index (χ4n) is 2.08. The van der Waals surface area contributed by atoms with Crippen molar-refractivity contribution in [3.05, 3.63) is 21.7 Å². The first-order chi connectivity index (χ1) is 6.68. The number of rotatable bonds is 1. The quantitative estimate of drug-likeness (QED) is 0.543. The van der Waals surface area contributed by atoms with E-state index in [2.05, 4.69) is 9.97 Å². The summed E-state index contributed by atoms with van der Waals surface area (Å²) < 4.78 is 0. The Morgan fingerprint density at radius 3 is 2.43 bits per heavy atom. The van der Waals surface area contributed by atoms with E-state index >= 15 is 0 Å². The predicted octanol–water partition coefficient (Wildman–Crippen LogP) is 3.75. The van der Waals surface area contributed by atoms with Crippen LogP contribution in [-0.4, -0.2) is 9.97 Å². The second-order valence-electron chi connectivity index (χ2n) is 3.78. The lowest BCUT2D eigenvalue weighted by atomic mass is 10.0. The van der Waals surface area contributed by atoms with Crippen molar-refractivity contribution in [1.29, 1.82) is 0 Å². The molecule has 0 atom stereocenters. The Balaban J connectivity index is 2.40. The highest BCUT2D eigenvalue weighted by Gasteiger charge is 2.22. The SMILES string of the molecule is Cc1c(Cl)nc(Cl)nc1C1CCCC1. The van der Waals surface area contributed by atoms with Gasteiger partial charge in [-0.25, -0.2) is 9.97 Å². The van der Waals surface area contributed by atoms with Crippen LogP contribution in [0.25, 0.3) is 0 Å². The molecule has 1 aromatic rings. The highest BCUT2D eigenvalue weighted by molar-refractivity contribution is 6.32. The zero-order valence-corrected chi connectivity index (χ0v) is 9.57. The van der Waals surface area contributed by atoms with E-state index < -0.39 is 0 Å². The molecule has 2 rings (SSSR count). The Morgan fingerprint density at radius 1 is 1.14 bits per heavy atom. The van der Waals surface area contributed by atoms with Gasteiger partial charge in [-0.2, -0.15) is 0 Å². The molecule has 0 unspecified atom stereocenters. The van der Waals surface area contributed by atoms with Crippen molar-refractivity contribution < 1.29 is 0 Å². The fourth-order valence-corrected chi connectivity index (χ4v) is 2.47. The van der Waals surface area contributed by atoms with Crippen LogP contribution in [0.2, 0.25) is 10.4 Å². The summed E-state index contributed by atoms with van der Waals surface area (Å²) in [5, 5.41) is 0.759. The number of hydrogen-bond donors (Lipinski definition) is 0. The predicted molar refractivity (Wildman–Crippen MR) is 58.0 cm³/mol. The van der Waals surface area contributed by atoms with Gasteiger partial charge in [0.1, 0.15) is 5.15 Å². The topological polar surface area (TPSA) is 25.8 Å². The van der Waals surface area contributed by atoms with Crippen molar-refractivity contribution in [2.45, 2.75) is 38.5 Å². The third-order valence-electron chi connectivity index (χ3n) is 2.84. The van der Waals surface area contributed by atoms with Gasteiger partial charge in [-0.05, 0) is 31.4 Å². The molecule has 14 heavy (non-hydrogen) atoms. The van der Waals surface area contributed by atoms with E-state index in [0.29, 0.717) is 11.1 Å². The minimum Gasteiger partial charge on any atom is -0.222 e. The molecule has 0 N–H and O–H groups in total. The molecule has 1 aliphatic rings. The van der Waals surface area contributed by atoms with Gasteiger partial charge in [0.15, 0.2) is 0 Å². The van der Waals surface area contributed by atoms with E-state index in [1.807, 2.05) is 6.92 Å². The summed E-state index contributed by atoms with van der Waals surface area (Å²) >= 11 is 11.8. The lowest BCUT2D eigenvalue weighted by Crippen LogP contribution is -2.02. The molecule has 2 nitrogen and oxygen atoms in total. The van der Waals surface area contributed by atoms with Gasteiger partial charge in [0.25, 0.3) is 0 Å². The van der Waals surface area contributed by atoms with Crippen molar-refractivity contribution in [1.82, 2.24) is 9.97 Å². The molecule has 1 fully saturated rings. The summed E-state index contributed by atoms with van der Waals surface area (Å²) in [6.45, 7) is 1.96. The van der Waals surface area contributed by atoms with Gasteiger partial charge in [-0.1, -0.05) is 24.4 Å². The summed E-state index contributed by atoms with van der Waals surface area (Å²) in [5.74, 6) is 0.535. The van der Waals surface area contributed by atoms with Gasteiger partial charge >= 0.3 is 0 Å². The summed E-state index contributed by atoms with van der Waals surface area (Å²) in [5.41, 5.74) is 2.04. The van der Waals surface area contributed by atoms with E-state index in [9.17, 15) is 0 Å². The third-order valence-corrected chi connectivity index (χ3v) is 3.38. The zero-order chi connectivity index (χ0) is 10.1. The molecule has 0 bridgehead atoms. The van der Waals surface area contributed by atoms with Gasteiger partial charge in [0.2, 0.25) is 5.28 Å². The van der Waals surface area contributed by atoms with Crippen molar-refractivity contribution in [2.24, 2.45) is 0 Å². The summed E-state index contributed by atoms with van der Waals surface area (Å²) in [6, 6.07) is 0. The normalized spacial score (nSPS) is 17.6. The average molecular weight is 231 g/mol. The van der Waals surface area contributed by atoms with Crippen LogP contribution in [0.4, 0.5) is 0 Å². The smallest absolute Gasteiger partial charge is 0.222 e. The maximum absolute atomic E-state index is 5.96. The minimum atomic E-state index is 0.266. The largest absolute Gasteiger partial charge is 0.224 e. The first-order valence-corrected chi connectivity index (χ1v) is 5.63. The van der Waals surface area contributed by atoms with E-state index in [4.69, 9.17) is 23.2 Å². The van der Waals surface area contributed by atoms with Crippen molar-refractivity contribution in [3.63, 3.8) is 0 Å². The minimum absolute atomic E-state index is 0.266. The molecule has 0 radical (unpaired) electrons. The standard InChI is InChI=1S/C10H12Cl2N2/c1-6-8(7-4-2-3-5-7)13-10(12)14-9(6)11/h7H,2-5H2,1H3. The number of halogens is 2. The van der Waals surface area contributed by atoms with E-state index in [1.165, 1.54) is 25.7 Å². The monoisotopic (exact) mass is 230 g/mol. The maximum Gasteiger partial charge on any atom is 0.224 e. The van der Waals surface area contributed by atoms with Crippen LogP contribution >= 0.6 is 23.2 Å². The van der Waals surface area contributed by atoms with E-state index in [1.54, 1.807) is 0 Å². The fraction of sp³-hybridized carbons (Fsp3) is 0.600. The number of nitrogens with zero attached hydrogens (tertiary/aromatic N) is 2. The van der Waals surface area contributed by atoms with E-state index in [0.717, 1.165) is 11.3 Å². The Morgan fingerprint density at radius 2 is 1.79 bits per heavy atom. The van der Waals surface area contributed by atoms with Crippen molar-refractivity contribution in [2.75, 3.05) is 0 Å². The molecule has 1 saturated carbocycles. The van der Waals surface area contributed by atoms with Gasteiger partial charge in [-0.15, -0.1) is 0 Å². The second kappa shape index (κ2) is 4.03. The molecule has 0 aromatic carbocycles. The first-order valence-electron chi connectivity index (χ1n) is 4.88. The highest BCUT2D eigenvalue weighted by Crippen LogP contribution is 2.36. The van der Waals surface area contributed by atoms with E-state index in [-0.39, 0.29) is 5.28 Å². The van der Waals surface area contributed by atoms with Crippen LogP contribution in [0, 0.1) is 6.92 Å². The van der Waals surface area contributed by atoms with Crippen molar-refractivity contribution in [3.8, 4) is 0 Å². The molecule has 0 saturated heterocycles. The molecule has 1 heterocycles. The molecule has 4 heteroatoms. The molecule has 0 aliphatic heterocycles. The lowest BCUT2D eigenvalue weighted by Gasteiger charge is -2.12. The summed E-state index contributed by atoms with van der Waals surface area (Å²) in [7, 11) is 0. The van der Waals surface area contributed by atoms with Crippen molar-refractivity contribution >= 4 is 23.2 Å². The summed E-state index contributed by atoms with van der Waals surface area (Å²) in [4.78, 5) is 8.21. The van der Waals surface area contributed by atoms with Gasteiger partial charge in [-0.3, -0.25) is 0 Å². The van der Waals surface area contributed by atoms with Crippen LogP contribution < -0.4 is 0 Å². The number of hydrogen-bond acceptors (Lipinski definition) is 2. The molecule has 1 aromatic heterocycles. The Bertz CT molecular complexity index is 346. The molecule has 0 amide bonds. The van der Waals surface area contributed by atoms with Crippen LogP contribution in [-0.2, 0) is 0 Å². The van der Waals surface area contributed by atoms with Gasteiger partial charge in [0, 0.05) is 11.5 Å². The van der Waals surface area contributed by atoms with Gasteiger partial charge < -0.3 is 0 Å². The van der Waals surface area contributed by atoms with Crippen LogP contribution in [0.3, 0.4) is 0 Å². The first kappa shape index (κ1) is 10.2. The molecular weight excluding hydrogens is 219 g/mol. The molecule has 0 spiro atoms. The Hall–Kier alpha value is -0.340. The Kier molecular flexibility index (Phi) is 2.93. The number of aromatic nitrogens is 2. The molecular formula is C10H12Cl2N2. The highest BCUT2D eigenvalue weighted by atomic mass is 35.5. The molecule has 76 valence electrons. The zero-order valence-electron chi connectivity index (χ0n) is 8.06. The van der Waals surface area contributed by atoms with Crippen LogP contribution in [0.15, 0.2) is 0 Å². The van der Waals surface area contributed by atoms with Crippen LogP contribution in [0.5, 0.6) is 0 Å². The second-order valence-corrected chi connectivity index (χ2v) is 4.47. The average Bonchev–Trinajstić information content (AvgIpc) is 2.63. The maximum atomic E-state index is 5.96. The van der Waals surface area contributed by atoms with Gasteiger partial charge in [0.05, 0.1) is 5.69 Å².